The highest BCUT2D eigenvalue weighted by atomic mass is 32.2. The summed E-state index contributed by atoms with van der Waals surface area (Å²) in [4.78, 5) is 4.33. The minimum atomic E-state index is -0.742. The Bertz CT molecular complexity index is 312. The Labute approximate surface area is 91.4 Å². The molecular formula is C9H16N2OS2. The summed E-state index contributed by atoms with van der Waals surface area (Å²) in [6.07, 6.45) is 1.74. The first-order valence-electron chi connectivity index (χ1n) is 4.53. The first-order valence-corrected chi connectivity index (χ1v) is 7.03. The summed E-state index contributed by atoms with van der Waals surface area (Å²) in [5, 5.41) is 6.59. The van der Waals surface area contributed by atoms with Crippen molar-refractivity contribution in [2.75, 3.05) is 12.8 Å². The van der Waals surface area contributed by atoms with Gasteiger partial charge in [0.25, 0.3) is 0 Å². The Kier molecular flexibility index (Phi) is 4.71. The molecule has 1 aromatic rings. The molecule has 2 atom stereocenters. The van der Waals surface area contributed by atoms with E-state index in [4.69, 9.17) is 0 Å². The average molecular weight is 232 g/mol. The second-order valence-corrected chi connectivity index (χ2v) is 6.07. The molecule has 0 fully saturated rings. The quantitative estimate of drug-likeness (QED) is 0.832. The van der Waals surface area contributed by atoms with Gasteiger partial charge >= 0.3 is 0 Å². The fourth-order valence-corrected chi connectivity index (χ4v) is 2.08. The van der Waals surface area contributed by atoms with Crippen molar-refractivity contribution in [1.82, 2.24) is 10.3 Å². The van der Waals surface area contributed by atoms with Crippen molar-refractivity contribution >= 4 is 22.1 Å². The summed E-state index contributed by atoms with van der Waals surface area (Å²) in [5.41, 5.74) is 1.07. The fraction of sp³-hybridized carbons (Fsp3) is 0.667. The highest BCUT2D eigenvalue weighted by Crippen LogP contribution is 2.07. The maximum atomic E-state index is 11.0. The van der Waals surface area contributed by atoms with E-state index in [2.05, 4.69) is 10.3 Å². The maximum absolute atomic E-state index is 11.0. The number of aryl methyl sites for hydroxylation is 1. The van der Waals surface area contributed by atoms with Crippen LogP contribution in [0, 0.1) is 6.92 Å². The van der Waals surface area contributed by atoms with Crippen LogP contribution in [0.3, 0.4) is 0 Å². The molecule has 0 spiro atoms. The van der Waals surface area contributed by atoms with E-state index in [1.165, 1.54) is 0 Å². The van der Waals surface area contributed by atoms with Gasteiger partial charge in [0.15, 0.2) is 0 Å². The molecule has 0 saturated carbocycles. The Hall–Kier alpha value is -0.260. The molecule has 0 radical (unpaired) electrons. The molecule has 0 saturated heterocycles. The maximum Gasteiger partial charge on any atom is 0.107 e. The Morgan fingerprint density at radius 2 is 2.43 bits per heavy atom. The SMILES string of the molecule is Cc1csc(CNCC(C)S(C)=O)n1. The van der Waals surface area contributed by atoms with Gasteiger partial charge in [-0.15, -0.1) is 11.3 Å². The molecule has 5 heteroatoms. The minimum Gasteiger partial charge on any atom is -0.309 e. The average Bonchev–Trinajstić information content (AvgIpc) is 2.51. The van der Waals surface area contributed by atoms with Crippen molar-refractivity contribution in [2.24, 2.45) is 0 Å². The highest BCUT2D eigenvalue weighted by Gasteiger charge is 2.05. The van der Waals surface area contributed by atoms with Gasteiger partial charge in [-0.05, 0) is 13.8 Å². The smallest absolute Gasteiger partial charge is 0.107 e. The summed E-state index contributed by atoms with van der Waals surface area (Å²) in [7, 11) is -0.742. The molecule has 0 bridgehead atoms. The van der Waals surface area contributed by atoms with E-state index >= 15 is 0 Å². The molecule has 0 aliphatic rings. The van der Waals surface area contributed by atoms with Gasteiger partial charge in [-0.3, -0.25) is 4.21 Å². The lowest BCUT2D eigenvalue weighted by atomic mass is 10.4. The summed E-state index contributed by atoms with van der Waals surface area (Å²) in [6.45, 7) is 5.53. The van der Waals surface area contributed by atoms with Crippen molar-refractivity contribution in [1.29, 1.82) is 0 Å². The number of thiazole rings is 1. The molecule has 0 aliphatic heterocycles. The zero-order valence-electron chi connectivity index (χ0n) is 8.74. The fourth-order valence-electron chi connectivity index (χ4n) is 0.984. The third kappa shape index (κ3) is 3.86. The lowest BCUT2D eigenvalue weighted by molar-refractivity contribution is 0.645. The largest absolute Gasteiger partial charge is 0.309 e. The van der Waals surface area contributed by atoms with Crippen LogP contribution in [0.15, 0.2) is 5.38 Å². The minimum absolute atomic E-state index is 0.205. The summed E-state index contributed by atoms with van der Waals surface area (Å²) < 4.78 is 11.0. The number of hydrogen-bond acceptors (Lipinski definition) is 4. The monoisotopic (exact) mass is 232 g/mol. The van der Waals surface area contributed by atoms with Crippen LogP contribution < -0.4 is 5.32 Å². The first-order chi connectivity index (χ1) is 6.59. The van der Waals surface area contributed by atoms with Gasteiger partial charge in [0.2, 0.25) is 0 Å². The Morgan fingerprint density at radius 3 is 2.93 bits per heavy atom. The number of rotatable bonds is 5. The van der Waals surface area contributed by atoms with Crippen molar-refractivity contribution < 1.29 is 4.21 Å². The van der Waals surface area contributed by atoms with Crippen LogP contribution in [-0.4, -0.2) is 27.2 Å². The zero-order valence-corrected chi connectivity index (χ0v) is 10.4. The van der Waals surface area contributed by atoms with Gasteiger partial charge < -0.3 is 5.32 Å². The molecular weight excluding hydrogens is 216 g/mol. The molecule has 1 rings (SSSR count). The van der Waals surface area contributed by atoms with Crippen LogP contribution in [0.5, 0.6) is 0 Å². The number of hydrogen-bond donors (Lipinski definition) is 1. The van der Waals surface area contributed by atoms with E-state index in [1.807, 2.05) is 19.2 Å². The van der Waals surface area contributed by atoms with Gasteiger partial charge in [0.1, 0.15) is 5.01 Å². The zero-order chi connectivity index (χ0) is 10.6. The predicted octanol–water partition coefficient (Wildman–Crippen LogP) is 1.31. The second-order valence-electron chi connectivity index (χ2n) is 3.32. The molecule has 0 aromatic carbocycles. The first kappa shape index (κ1) is 11.8. The van der Waals surface area contributed by atoms with Gasteiger partial charge in [-0.1, -0.05) is 0 Å². The van der Waals surface area contributed by atoms with Crippen LogP contribution in [0.1, 0.15) is 17.6 Å². The predicted molar refractivity (Wildman–Crippen MR) is 62.1 cm³/mol. The summed E-state index contributed by atoms with van der Waals surface area (Å²) in [6, 6.07) is 0. The van der Waals surface area contributed by atoms with Crippen LogP contribution >= 0.6 is 11.3 Å². The van der Waals surface area contributed by atoms with Crippen LogP contribution in [-0.2, 0) is 17.3 Å². The normalized spacial score (nSPS) is 15.4. The molecule has 1 N–H and O–H groups in total. The molecule has 1 heterocycles. The van der Waals surface area contributed by atoms with Gasteiger partial charge in [0, 0.05) is 46.5 Å². The number of nitrogens with zero attached hydrogens (tertiary/aromatic N) is 1. The van der Waals surface area contributed by atoms with Crippen molar-refractivity contribution in [3.05, 3.63) is 16.1 Å². The third-order valence-corrected chi connectivity index (χ3v) is 4.21. The van der Waals surface area contributed by atoms with Gasteiger partial charge in [0.05, 0.1) is 0 Å². The lowest BCUT2D eigenvalue weighted by Gasteiger charge is -2.08. The van der Waals surface area contributed by atoms with Gasteiger partial charge in [-0.25, -0.2) is 4.98 Å². The van der Waals surface area contributed by atoms with E-state index in [1.54, 1.807) is 17.6 Å². The standard InChI is InChI=1S/C9H16N2OS2/c1-7-6-13-9(11-7)5-10-4-8(2)14(3)12/h6,8,10H,4-5H2,1-3H3. The molecule has 80 valence electrons. The van der Waals surface area contributed by atoms with E-state index in [0.717, 1.165) is 23.8 Å². The van der Waals surface area contributed by atoms with Crippen molar-refractivity contribution in [3.8, 4) is 0 Å². The summed E-state index contributed by atoms with van der Waals surface area (Å²) in [5.74, 6) is 0. The number of aromatic nitrogens is 1. The molecule has 3 nitrogen and oxygen atoms in total. The van der Waals surface area contributed by atoms with Crippen LogP contribution in [0.25, 0.3) is 0 Å². The molecule has 14 heavy (non-hydrogen) atoms. The van der Waals surface area contributed by atoms with E-state index in [9.17, 15) is 4.21 Å². The molecule has 1 aromatic heterocycles. The highest BCUT2D eigenvalue weighted by molar-refractivity contribution is 7.84. The third-order valence-electron chi connectivity index (χ3n) is 1.94. The van der Waals surface area contributed by atoms with E-state index < -0.39 is 10.8 Å². The van der Waals surface area contributed by atoms with E-state index in [0.29, 0.717) is 0 Å². The molecule has 0 aliphatic carbocycles. The van der Waals surface area contributed by atoms with Crippen molar-refractivity contribution in [2.45, 2.75) is 25.6 Å². The topological polar surface area (TPSA) is 42.0 Å². The van der Waals surface area contributed by atoms with Crippen molar-refractivity contribution in [3.63, 3.8) is 0 Å². The van der Waals surface area contributed by atoms with Crippen LogP contribution in [0.2, 0.25) is 0 Å². The lowest BCUT2D eigenvalue weighted by Crippen LogP contribution is -2.27. The Morgan fingerprint density at radius 1 is 1.71 bits per heavy atom. The summed E-state index contributed by atoms with van der Waals surface area (Å²) >= 11 is 1.66. The number of nitrogens with one attached hydrogen (secondary N) is 1. The van der Waals surface area contributed by atoms with Gasteiger partial charge in [-0.2, -0.15) is 0 Å². The van der Waals surface area contributed by atoms with Crippen LogP contribution in [0.4, 0.5) is 0 Å². The van der Waals surface area contributed by atoms with E-state index in [-0.39, 0.29) is 5.25 Å². The molecule has 0 amide bonds. The molecule has 2 unspecified atom stereocenters. The second kappa shape index (κ2) is 5.58. The Balaban J connectivity index is 2.25.